The zero-order valence-corrected chi connectivity index (χ0v) is 47.1. The van der Waals surface area contributed by atoms with E-state index >= 15 is 0 Å². The second-order valence-electron chi connectivity index (χ2n) is 20.0. The Morgan fingerprint density at radius 3 is 1.44 bits per heavy atom. The summed E-state index contributed by atoms with van der Waals surface area (Å²) in [6.07, 6.45) is 58.4. The Hall–Kier alpha value is -3.68. The number of aliphatic hydroxyl groups excluding tert-OH is 5. The van der Waals surface area contributed by atoms with Crippen LogP contribution >= 0.6 is 0 Å². The highest BCUT2D eigenvalue weighted by atomic mass is 16.7. The lowest BCUT2D eigenvalue weighted by molar-refractivity contribution is -0.305. The third-order valence-electron chi connectivity index (χ3n) is 13.2. The van der Waals surface area contributed by atoms with Gasteiger partial charge in [-0.1, -0.05) is 220 Å². The van der Waals surface area contributed by atoms with Gasteiger partial charge in [-0.15, -0.1) is 0 Å². The smallest absolute Gasteiger partial charge is 0.306 e. The predicted octanol–water partition coefficient (Wildman–Crippen LogP) is 13.7. The molecule has 75 heavy (non-hydrogen) atoms. The molecule has 0 aromatic rings. The van der Waals surface area contributed by atoms with E-state index in [1.807, 2.05) is 6.08 Å². The number of unbranched alkanes of at least 4 members (excludes halogenated alkanes) is 18. The Morgan fingerprint density at radius 2 is 0.960 bits per heavy atom. The van der Waals surface area contributed by atoms with Gasteiger partial charge in [0.2, 0.25) is 5.91 Å². The minimum Gasteiger partial charge on any atom is -0.454 e. The monoisotopic (exact) mass is 1050 g/mol. The van der Waals surface area contributed by atoms with Gasteiger partial charge in [-0.25, -0.2) is 0 Å². The molecule has 0 aromatic carbocycles. The molecule has 8 atom stereocenters. The maximum atomic E-state index is 13.4. The van der Waals surface area contributed by atoms with E-state index in [2.05, 4.69) is 123 Å². The van der Waals surface area contributed by atoms with E-state index in [9.17, 15) is 35.1 Å². The van der Waals surface area contributed by atoms with E-state index in [1.165, 1.54) is 44.9 Å². The molecular weight excluding hydrogens is 943 g/mol. The fourth-order valence-corrected chi connectivity index (χ4v) is 8.51. The van der Waals surface area contributed by atoms with Gasteiger partial charge in [0.15, 0.2) is 12.4 Å². The third kappa shape index (κ3) is 39.4. The Balaban J connectivity index is 2.72. The van der Waals surface area contributed by atoms with Gasteiger partial charge < -0.3 is 45.1 Å². The number of amides is 1. The van der Waals surface area contributed by atoms with Crippen molar-refractivity contribution >= 4 is 11.9 Å². The van der Waals surface area contributed by atoms with Crippen LogP contribution in [0.5, 0.6) is 0 Å². The number of hydrogen-bond acceptors (Lipinski definition) is 10. The molecule has 1 saturated heterocycles. The van der Waals surface area contributed by atoms with Crippen molar-refractivity contribution in [2.45, 2.75) is 269 Å². The first-order valence-electron chi connectivity index (χ1n) is 29.7. The van der Waals surface area contributed by atoms with Crippen LogP contribution in [0.2, 0.25) is 0 Å². The number of allylic oxidation sites excluding steroid dienone is 17. The normalized spacial score (nSPS) is 20.0. The Labute approximate surface area is 456 Å². The third-order valence-corrected chi connectivity index (χ3v) is 13.2. The van der Waals surface area contributed by atoms with Crippen LogP contribution in [0.4, 0.5) is 0 Å². The Bertz CT molecular complexity index is 1630. The van der Waals surface area contributed by atoms with Gasteiger partial charge >= 0.3 is 5.97 Å². The first-order chi connectivity index (χ1) is 36.7. The number of carbonyl (C=O) groups excluding carboxylic acids is 2. The minimum absolute atomic E-state index is 0.0923. The van der Waals surface area contributed by atoms with Crippen molar-refractivity contribution in [2.24, 2.45) is 0 Å². The molecule has 1 fully saturated rings. The number of nitrogens with one attached hydrogen (secondary N) is 1. The topological polar surface area (TPSA) is 175 Å². The molecule has 0 radical (unpaired) electrons. The summed E-state index contributed by atoms with van der Waals surface area (Å²) >= 11 is 0. The van der Waals surface area contributed by atoms with Crippen LogP contribution in [-0.2, 0) is 23.8 Å². The van der Waals surface area contributed by atoms with Gasteiger partial charge in [-0.05, 0) is 103 Å². The fourth-order valence-electron chi connectivity index (χ4n) is 8.51. The van der Waals surface area contributed by atoms with E-state index < -0.39 is 67.4 Å². The van der Waals surface area contributed by atoms with Crippen LogP contribution in [0, 0.1) is 0 Å². The van der Waals surface area contributed by atoms with Gasteiger partial charge in [0, 0.05) is 6.42 Å². The lowest BCUT2D eigenvalue weighted by atomic mass is 9.99. The quantitative estimate of drug-likeness (QED) is 0.0195. The summed E-state index contributed by atoms with van der Waals surface area (Å²) in [7, 11) is 0. The number of rotatable bonds is 48. The van der Waals surface area contributed by atoms with Crippen LogP contribution in [0.3, 0.4) is 0 Å². The maximum Gasteiger partial charge on any atom is 0.306 e. The van der Waals surface area contributed by atoms with Crippen molar-refractivity contribution in [3.8, 4) is 0 Å². The molecular formula is C64H107NO10. The van der Waals surface area contributed by atoms with E-state index in [0.717, 1.165) is 128 Å². The zero-order valence-electron chi connectivity index (χ0n) is 47.1. The number of ether oxygens (including phenoxy) is 3. The molecule has 11 heteroatoms. The van der Waals surface area contributed by atoms with Crippen LogP contribution in [0.1, 0.15) is 220 Å². The predicted molar refractivity (Wildman–Crippen MR) is 310 cm³/mol. The lowest BCUT2D eigenvalue weighted by Crippen LogP contribution is -2.61. The average molecular weight is 1050 g/mol. The van der Waals surface area contributed by atoms with Crippen LogP contribution < -0.4 is 5.32 Å². The molecule has 1 amide bonds. The molecule has 1 rings (SSSR count). The van der Waals surface area contributed by atoms with E-state index in [4.69, 9.17) is 14.2 Å². The molecule has 1 aliphatic heterocycles. The average Bonchev–Trinajstić information content (AvgIpc) is 3.41. The van der Waals surface area contributed by atoms with E-state index in [1.54, 1.807) is 6.08 Å². The second-order valence-corrected chi connectivity index (χ2v) is 20.0. The lowest BCUT2D eigenvalue weighted by Gasteiger charge is -2.41. The number of hydrogen-bond donors (Lipinski definition) is 6. The Kier molecular flexibility index (Phi) is 47.2. The van der Waals surface area contributed by atoms with E-state index in [0.29, 0.717) is 12.8 Å². The van der Waals surface area contributed by atoms with Crippen molar-refractivity contribution in [1.82, 2.24) is 5.32 Å². The molecule has 0 bridgehead atoms. The molecule has 11 nitrogen and oxygen atoms in total. The molecule has 6 N–H and O–H groups in total. The summed E-state index contributed by atoms with van der Waals surface area (Å²) in [6, 6.07) is -1.05. The summed E-state index contributed by atoms with van der Waals surface area (Å²) < 4.78 is 17.6. The highest BCUT2D eigenvalue weighted by molar-refractivity contribution is 5.80. The zero-order chi connectivity index (χ0) is 54.7. The van der Waals surface area contributed by atoms with Gasteiger partial charge in [-0.2, -0.15) is 0 Å². The fraction of sp³-hybridized carbons (Fsp3) is 0.688. The van der Waals surface area contributed by atoms with Crippen molar-refractivity contribution in [3.05, 3.63) is 109 Å². The SMILES string of the molecule is CC/C=C\C/C=C\C/C=C\C/C=C\C/C=C\CCCCCCCC(=O)OC1C(OCC(NC(=O)C(O)CCCCC/C=C/C/C=C/C/C=C/CC)C(O)/C=C/CCCCCCCCCCCC)OC(CO)C(O)C1O. The van der Waals surface area contributed by atoms with E-state index in [-0.39, 0.29) is 19.4 Å². The molecule has 0 saturated carbocycles. The standard InChI is InChI=1S/C64H107NO10/c1-4-7-10-13-16-19-22-25-26-27-28-29-30-31-32-34-37-40-43-46-49-52-59(69)75-62-61(71)60(70)58(53-66)74-64(62)73-54-55(56(67)50-47-44-41-38-35-24-21-18-15-12-9-6-3)65-63(72)57(68)51-48-45-42-39-36-33-23-20-17-14-11-8-5-2/h7-8,10-11,16-17,19-20,25-26,28-29,31-33,36,47,50,55-58,60-62,64,66-68,70-71H,4-6,9,12-15,18,21-24,27,30,34-35,37-46,48-49,51-54H2,1-3H3,(H,65,72)/b10-7-,11-8+,19-16-,20-17+,26-25-,29-28-,32-31-,36-33+,50-47+. The summed E-state index contributed by atoms with van der Waals surface area (Å²) in [5.74, 6) is -1.25. The molecule has 8 unspecified atom stereocenters. The number of esters is 1. The number of carbonyl (C=O) groups is 2. The van der Waals surface area contributed by atoms with Crippen LogP contribution in [0.15, 0.2) is 109 Å². The van der Waals surface area contributed by atoms with Gasteiger partial charge in [-0.3, -0.25) is 9.59 Å². The van der Waals surface area contributed by atoms with Crippen molar-refractivity contribution in [3.63, 3.8) is 0 Å². The first-order valence-corrected chi connectivity index (χ1v) is 29.7. The van der Waals surface area contributed by atoms with Gasteiger partial charge in [0.05, 0.1) is 25.4 Å². The second kappa shape index (κ2) is 51.1. The van der Waals surface area contributed by atoms with Crippen LogP contribution in [0.25, 0.3) is 0 Å². The molecule has 428 valence electrons. The molecule has 0 aromatic heterocycles. The highest BCUT2D eigenvalue weighted by Crippen LogP contribution is 2.26. The maximum absolute atomic E-state index is 13.4. The summed E-state index contributed by atoms with van der Waals surface area (Å²) in [6.45, 7) is 5.51. The Morgan fingerprint density at radius 1 is 0.533 bits per heavy atom. The molecule has 1 heterocycles. The molecule has 1 aliphatic rings. The molecule has 0 spiro atoms. The van der Waals surface area contributed by atoms with Crippen LogP contribution in [-0.4, -0.2) is 99.6 Å². The van der Waals surface area contributed by atoms with Gasteiger partial charge in [0.25, 0.3) is 0 Å². The largest absolute Gasteiger partial charge is 0.454 e. The van der Waals surface area contributed by atoms with Crippen molar-refractivity contribution in [2.75, 3.05) is 13.2 Å². The highest BCUT2D eigenvalue weighted by Gasteiger charge is 2.47. The minimum atomic E-state index is -1.63. The van der Waals surface area contributed by atoms with Crippen molar-refractivity contribution in [1.29, 1.82) is 0 Å². The van der Waals surface area contributed by atoms with Gasteiger partial charge in [0.1, 0.15) is 24.4 Å². The number of aliphatic hydroxyl groups is 5. The first kappa shape index (κ1) is 69.3. The summed E-state index contributed by atoms with van der Waals surface area (Å²) in [5, 5.41) is 56.8. The summed E-state index contributed by atoms with van der Waals surface area (Å²) in [5.41, 5.74) is 0. The van der Waals surface area contributed by atoms with Crippen molar-refractivity contribution < 1.29 is 49.3 Å². The molecule has 0 aliphatic carbocycles. The summed E-state index contributed by atoms with van der Waals surface area (Å²) in [4.78, 5) is 26.5.